The smallest absolute Gasteiger partial charge is 0.191 e. The molecule has 20 heavy (non-hydrogen) atoms. The highest BCUT2D eigenvalue weighted by Gasteiger charge is 2.12. The molecule has 0 radical (unpaired) electrons. The van der Waals surface area contributed by atoms with Crippen LogP contribution in [0.15, 0.2) is 29.3 Å². The van der Waals surface area contributed by atoms with Gasteiger partial charge in [-0.05, 0) is 39.8 Å². The van der Waals surface area contributed by atoms with E-state index in [0.717, 1.165) is 0 Å². The van der Waals surface area contributed by atoms with E-state index in [-0.39, 0.29) is 17.5 Å². The Labute approximate surface area is 120 Å². The first kappa shape index (κ1) is 16.3. The van der Waals surface area contributed by atoms with Gasteiger partial charge in [-0.2, -0.15) is 0 Å². The Morgan fingerprint density at radius 1 is 1.40 bits per heavy atom. The van der Waals surface area contributed by atoms with Gasteiger partial charge in [0.15, 0.2) is 5.96 Å². The minimum Gasteiger partial charge on any atom is -0.489 e. The third kappa shape index (κ3) is 6.41. The van der Waals surface area contributed by atoms with E-state index in [9.17, 15) is 4.39 Å². The molecule has 5 heteroatoms. The number of benzene rings is 1. The van der Waals surface area contributed by atoms with Crippen LogP contribution in [0.25, 0.3) is 0 Å². The zero-order valence-corrected chi connectivity index (χ0v) is 12.8. The number of hydrogen-bond acceptors (Lipinski definition) is 2. The molecule has 0 heterocycles. The summed E-state index contributed by atoms with van der Waals surface area (Å²) in [5.41, 5.74) is -0.0610. The molecule has 1 aromatic carbocycles. The molecule has 0 bridgehead atoms. The maximum Gasteiger partial charge on any atom is 0.191 e. The lowest BCUT2D eigenvalue weighted by atomic mass is 10.1. The molecular formula is C15H24FN3O. The molecule has 0 amide bonds. The van der Waals surface area contributed by atoms with E-state index >= 15 is 0 Å². The second-order valence-corrected chi connectivity index (χ2v) is 5.71. The van der Waals surface area contributed by atoms with Crippen LogP contribution in [0, 0.1) is 5.82 Å². The summed E-state index contributed by atoms with van der Waals surface area (Å²) in [4.78, 5) is 4.15. The van der Waals surface area contributed by atoms with Crippen molar-refractivity contribution in [2.45, 2.75) is 39.3 Å². The van der Waals surface area contributed by atoms with E-state index in [0.29, 0.717) is 18.3 Å². The summed E-state index contributed by atoms with van der Waals surface area (Å²) in [7, 11) is 1.72. The molecule has 0 aliphatic rings. The minimum atomic E-state index is -0.298. The summed E-state index contributed by atoms with van der Waals surface area (Å²) in [6.07, 6.45) is -0.102. The molecule has 0 saturated heterocycles. The van der Waals surface area contributed by atoms with Crippen LogP contribution in [0.1, 0.15) is 27.7 Å². The maximum absolute atomic E-state index is 13.0. The highest BCUT2D eigenvalue weighted by molar-refractivity contribution is 5.80. The van der Waals surface area contributed by atoms with Gasteiger partial charge in [0.1, 0.15) is 17.7 Å². The van der Waals surface area contributed by atoms with Crippen LogP contribution in [0.4, 0.5) is 4.39 Å². The summed E-state index contributed by atoms with van der Waals surface area (Å²) in [6.45, 7) is 8.68. The van der Waals surface area contributed by atoms with Gasteiger partial charge in [-0.25, -0.2) is 4.39 Å². The Kier molecular flexibility index (Phi) is 5.80. The molecule has 0 aliphatic carbocycles. The van der Waals surface area contributed by atoms with Gasteiger partial charge < -0.3 is 15.4 Å². The lowest BCUT2D eigenvalue weighted by Crippen LogP contribution is -2.49. The normalized spacial score (nSPS) is 13.8. The number of rotatable bonds is 4. The molecule has 0 fully saturated rings. The van der Waals surface area contributed by atoms with Crippen LogP contribution in [0.3, 0.4) is 0 Å². The van der Waals surface area contributed by atoms with Crippen molar-refractivity contribution in [1.82, 2.24) is 10.6 Å². The Morgan fingerprint density at radius 2 is 2.10 bits per heavy atom. The number of hydrogen-bond donors (Lipinski definition) is 2. The van der Waals surface area contributed by atoms with Gasteiger partial charge in [0.05, 0.1) is 6.54 Å². The van der Waals surface area contributed by atoms with Crippen molar-refractivity contribution in [2.24, 2.45) is 4.99 Å². The maximum atomic E-state index is 13.0. The summed E-state index contributed by atoms with van der Waals surface area (Å²) >= 11 is 0. The minimum absolute atomic E-state index is 0.0610. The topological polar surface area (TPSA) is 45.7 Å². The van der Waals surface area contributed by atoms with Gasteiger partial charge in [0.25, 0.3) is 0 Å². The number of aliphatic imine (C=N–C) groups is 1. The molecule has 1 atom stereocenters. The van der Waals surface area contributed by atoms with E-state index in [1.54, 1.807) is 19.2 Å². The van der Waals surface area contributed by atoms with Crippen LogP contribution in [0.2, 0.25) is 0 Å². The monoisotopic (exact) mass is 281 g/mol. The summed E-state index contributed by atoms with van der Waals surface area (Å²) in [5, 5.41) is 6.44. The predicted molar refractivity (Wildman–Crippen MR) is 80.7 cm³/mol. The lowest BCUT2D eigenvalue weighted by molar-refractivity contribution is 0.222. The van der Waals surface area contributed by atoms with E-state index in [2.05, 4.69) is 36.4 Å². The van der Waals surface area contributed by atoms with Crippen LogP contribution >= 0.6 is 0 Å². The molecule has 112 valence electrons. The summed E-state index contributed by atoms with van der Waals surface area (Å²) in [6, 6.07) is 6.14. The zero-order chi connectivity index (χ0) is 15.2. The van der Waals surface area contributed by atoms with E-state index in [4.69, 9.17) is 4.74 Å². The Hall–Kier alpha value is -1.78. The summed E-state index contributed by atoms with van der Waals surface area (Å²) in [5.74, 6) is 0.943. The standard InChI is InChI=1S/C15H24FN3O/c1-11(20-13-8-6-7-12(16)9-13)10-18-14(17-5)19-15(2,3)4/h6-9,11H,10H2,1-5H3,(H2,17,18,19). The van der Waals surface area contributed by atoms with Crippen molar-refractivity contribution in [3.05, 3.63) is 30.1 Å². The van der Waals surface area contributed by atoms with Crippen LogP contribution < -0.4 is 15.4 Å². The fourth-order valence-electron chi connectivity index (χ4n) is 1.59. The average Bonchev–Trinajstić information content (AvgIpc) is 2.33. The van der Waals surface area contributed by atoms with Crippen molar-refractivity contribution < 1.29 is 9.13 Å². The third-order valence-electron chi connectivity index (χ3n) is 2.41. The fraction of sp³-hybridized carbons (Fsp3) is 0.533. The van der Waals surface area contributed by atoms with Crippen LogP contribution in [-0.2, 0) is 0 Å². The number of guanidine groups is 1. The molecule has 1 aromatic rings. The first-order chi connectivity index (χ1) is 9.30. The first-order valence-electron chi connectivity index (χ1n) is 6.71. The van der Waals surface area contributed by atoms with Gasteiger partial charge in [0.2, 0.25) is 0 Å². The van der Waals surface area contributed by atoms with Gasteiger partial charge in [0, 0.05) is 18.7 Å². The number of nitrogens with zero attached hydrogens (tertiary/aromatic N) is 1. The number of ether oxygens (including phenoxy) is 1. The molecule has 0 spiro atoms. The zero-order valence-electron chi connectivity index (χ0n) is 12.8. The van der Waals surface area contributed by atoms with Crippen molar-refractivity contribution in [1.29, 1.82) is 0 Å². The molecule has 2 N–H and O–H groups in total. The molecular weight excluding hydrogens is 257 g/mol. The van der Waals surface area contributed by atoms with Gasteiger partial charge in [-0.15, -0.1) is 0 Å². The Bertz CT molecular complexity index is 455. The van der Waals surface area contributed by atoms with Gasteiger partial charge in [-0.3, -0.25) is 4.99 Å². The fourth-order valence-corrected chi connectivity index (χ4v) is 1.59. The van der Waals surface area contributed by atoms with E-state index < -0.39 is 0 Å². The highest BCUT2D eigenvalue weighted by atomic mass is 19.1. The summed E-state index contributed by atoms with van der Waals surface area (Å²) < 4.78 is 18.7. The molecule has 1 unspecified atom stereocenters. The predicted octanol–water partition coefficient (Wildman–Crippen LogP) is 2.56. The molecule has 0 aliphatic heterocycles. The van der Waals surface area contributed by atoms with E-state index in [1.165, 1.54) is 12.1 Å². The second kappa shape index (κ2) is 7.12. The number of nitrogens with one attached hydrogen (secondary N) is 2. The largest absolute Gasteiger partial charge is 0.489 e. The van der Waals surface area contributed by atoms with Crippen molar-refractivity contribution in [3.8, 4) is 5.75 Å². The SMILES string of the molecule is CN=C(NCC(C)Oc1cccc(F)c1)NC(C)(C)C. The molecule has 4 nitrogen and oxygen atoms in total. The lowest BCUT2D eigenvalue weighted by Gasteiger charge is -2.25. The van der Waals surface area contributed by atoms with Gasteiger partial charge in [-0.1, -0.05) is 6.07 Å². The Balaban J connectivity index is 2.44. The van der Waals surface area contributed by atoms with Gasteiger partial charge >= 0.3 is 0 Å². The van der Waals surface area contributed by atoms with E-state index in [1.807, 2.05) is 6.92 Å². The van der Waals surface area contributed by atoms with Crippen molar-refractivity contribution in [3.63, 3.8) is 0 Å². The Morgan fingerprint density at radius 3 is 2.65 bits per heavy atom. The van der Waals surface area contributed by atoms with Crippen molar-refractivity contribution in [2.75, 3.05) is 13.6 Å². The number of halogens is 1. The second-order valence-electron chi connectivity index (χ2n) is 5.71. The van der Waals surface area contributed by atoms with Crippen LogP contribution in [0.5, 0.6) is 5.75 Å². The average molecular weight is 281 g/mol. The first-order valence-corrected chi connectivity index (χ1v) is 6.71. The highest BCUT2D eigenvalue weighted by Crippen LogP contribution is 2.13. The molecule has 1 rings (SSSR count). The molecule has 0 saturated carbocycles. The van der Waals surface area contributed by atoms with Crippen LogP contribution in [-0.4, -0.2) is 31.2 Å². The third-order valence-corrected chi connectivity index (χ3v) is 2.41. The molecule has 0 aromatic heterocycles. The van der Waals surface area contributed by atoms with Crippen molar-refractivity contribution >= 4 is 5.96 Å². The quantitative estimate of drug-likeness (QED) is 0.658.